The lowest BCUT2D eigenvalue weighted by Crippen LogP contribution is -2.15. The standard InChI is InChI=1S/C21H21ClN2O3S/c1-12-9-20(24-21-14(12)6-5-7-17(21)26-3)28-11-19(25)23-16-8-13(2)15(22)10-18(16)27-4/h5-10H,11H2,1-4H3,(H,23,25). The number of halogens is 1. The molecule has 146 valence electrons. The summed E-state index contributed by atoms with van der Waals surface area (Å²) >= 11 is 7.49. The Hall–Kier alpha value is -2.44. The Morgan fingerprint density at radius 3 is 2.57 bits per heavy atom. The second-order valence-electron chi connectivity index (χ2n) is 6.27. The van der Waals surface area contributed by atoms with Gasteiger partial charge < -0.3 is 14.8 Å². The van der Waals surface area contributed by atoms with Crippen LogP contribution in [0.25, 0.3) is 10.9 Å². The molecule has 1 aromatic heterocycles. The van der Waals surface area contributed by atoms with Gasteiger partial charge in [-0.25, -0.2) is 4.98 Å². The Labute approximate surface area is 173 Å². The van der Waals surface area contributed by atoms with Crippen LogP contribution in [-0.4, -0.2) is 30.9 Å². The molecule has 0 aliphatic rings. The van der Waals surface area contributed by atoms with E-state index in [0.717, 1.165) is 27.1 Å². The number of methoxy groups -OCH3 is 2. The molecule has 1 amide bonds. The van der Waals surface area contributed by atoms with Crippen molar-refractivity contribution in [1.82, 2.24) is 4.98 Å². The van der Waals surface area contributed by atoms with Crippen LogP contribution in [0.2, 0.25) is 5.02 Å². The fourth-order valence-electron chi connectivity index (χ4n) is 2.86. The van der Waals surface area contributed by atoms with Crippen LogP contribution in [0.5, 0.6) is 11.5 Å². The first-order valence-corrected chi connectivity index (χ1v) is 10.0. The zero-order chi connectivity index (χ0) is 20.3. The van der Waals surface area contributed by atoms with Crippen LogP contribution in [0, 0.1) is 13.8 Å². The van der Waals surface area contributed by atoms with Crippen LogP contribution < -0.4 is 14.8 Å². The lowest BCUT2D eigenvalue weighted by atomic mass is 10.1. The number of aryl methyl sites for hydroxylation is 2. The van der Waals surface area contributed by atoms with Crippen LogP contribution in [0.4, 0.5) is 5.69 Å². The first-order valence-electron chi connectivity index (χ1n) is 8.64. The Balaban J connectivity index is 1.76. The predicted molar refractivity (Wildman–Crippen MR) is 115 cm³/mol. The molecule has 0 aliphatic carbocycles. The molecule has 3 rings (SSSR count). The van der Waals surface area contributed by atoms with Crippen LogP contribution >= 0.6 is 23.4 Å². The molecule has 0 unspecified atom stereocenters. The largest absolute Gasteiger partial charge is 0.495 e. The number of amides is 1. The van der Waals surface area contributed by atoms with E-state index in [0.29, 0.717) is 22.2 Å². The van der Waals surface area contributed by atoms with E-state index in [1.54, 1.807) is 26.4 Å². The highest BCUT2D eigenvalue weighted by Gasteiger charge is 2.13. The number of benzene rings is 2. The van der Waals surface area contributed by atoms with Gasteiger partial charge in [-0.05, 0) is 43.2 Å². The maximum absolute atomic E-state index is 12.4. The number of pyridine rings is 1. The van der Waals surface area contributed by atoms with Gasteiger partial charge in [-0.3, -0.25) is 4.79 Å². The summed E-state index contributed by atoms with van der Waals surface area (Å²) in [5.74, 6) is 1.31. The molecule has 0 saturated carbocycles. The molecule has 1 heterocycles. The van der Waals surface area contributed by atoms with E-state index in [1.807, 2.05) is 38.1 Å². The number of ether oxygens (including phenoxy) is 2. The van der Waals surface area contributed by atoms with E-state index >= 15 is 0 Å². The zero-order valence-electron chi connectivity index (χ0n) is 16.1. The van der Waals surface area contributed by atoms with Crippen molar-refractivity contribution in [3.05, 3.63) is 52.5 Å². The highest BCUT2D eigenvalue weighted by molar-refractivity contribution is 7.99. The Morgan fingerprint density at radius 2 is 1.86 bits per heavy atom. The number of nitrogens with one attached hydrogen (secondary N) is 1. The predicted octanol–water partition coefficient (Wildman–Crippen LogP) is 5.25. The number of carbonyl (C=O) groups excluding carboxylic acids is 1. The molecule has 0 fully saturated rings. The smallest absolute Gasteiger partial charge is 0.234 e. The second-order valence-corrected chi connectivity index (χ2v) is 7.68. The van der Waals surface area contributed by atoms with Crippen molar-refractivity contribution in [3.8, 4) is 11.5 Å². The molecule has 1 N–H and O–H groups in total. The molecule has 28 heavy (non-hydrogen) atoms. The topological polar surface area (TPSA) is 60.5 Å². The van der Waals surface area contributed by atoms with Gasteiger partial charge in [-0.1, -0.05) is 35.5 Å². The lowest BCUT2D eigenvalue weighted by molar-refractivity contribution is -0.113. The summed E-state index contributed by atoms with van der Waals surface area (Å²) in [5, 5.41) is 5.27. The highest BCUT2D eigenvalue weighted by Crippen LogP contribution is 2.32. The van der Waals surface area contributed by atoms with E-state index in [-0.39, 0.29) is 11.7 Å². The number of carbonyl (C=O) groups is 1. The van der Waals surface area contributed by atoms with Crippen LogP contribution in [0.1, 0.15) is 11.1 Å². The van der Waals surface area contributed by atoms with Gasteiger partial charge in [0.15, 0.2) is 0 Å². The molecule has 0 radical (unpaired) electrons. The molecular weight excluding hydrogens is 396 g/mol. The maximum atomic E-state index is 12.4. The normalized spacial score (nSPS) is 10.8. The monoisotopic (exact) mass is 416 g/mol. The third kappa shape index (κ3) is 4.34. The number of rotatable bonds is 6. The molecule has 0 atom stereocenters. The van der Waals surface area contributed by atoms with Gasteiger partial charge in [0, 0.05) is 16.5 Å². The molecule has 0 bridgehead atoms. The van der Waals surface area contributed by atoms with E-state index in [9.17, 15) is 4.79 Å². The number of fused-ring (bicyclic) bond motifs is 1. The molecule has 0 saturated heterocycles. The summed E-state index contributed by atoms with van der Waals surface area (Å²) in [6.45, 7) is 3.90. The fourth-order valence-corrected chi connectivity index (χ4v) is 3.78. The SMILES string of the molecule is COc1cc(Cl)c(C)cc1NC(=O)CSc1cc(C)c2cccc(OC)c2n1. The Morgan fingerprint density at radius 1 is 1.11 bits per heavy atom. The molecule has 3 aromatic rings. The first-order chi connectivity index (χ1) is 13.4. The first kappa shape index (κ1) is 20.3. The van der Waals surface area contributed by atoms with Gasteiger partial charge in [0.25, 0.3) is 0 Å². The average Bonchev–Trinajstić information content (AvgIpc) is 2.68. The van der Waals surface area contributed by atoms with E-state index in [4.69, 9.17) is 21.1 Å². The number of anilines is 1. The minimum absolute atomic E-state index is 0.149. The highest BCUT2D eigenvalue weighted by atomic mass is 35.5. The Kier molecular flexibility index (Phi) is 6.31. The van der Waals surface area contributed by atoms with E-state index in [1.165, 1.54) is 11.8 Å². The zero-order valence-corrected chi connectivity index (χ0v) is 17.7. The van der Waals surface area contributed by atoms with Crippen LogP contribution in [-0.2, 0) is 4.79 Å². The van der Waals surface area contributed by atoms with Crippen molar-refractivity contribution in [1.29, 1.82) is 0 Å². The number of para-hydroxylation sites is 1. The quantitative estimate of drug-likeness (QED) is 0.556. The van der Waals surface area contributed by atoms with Crippen LogP contribution in [0.15, 0.2) is 41.4 Å². The third-order valence-electron chi connectivity index (χ3n) is 4.31. The van der Waals surface area contributed by atoms with Gasteiger partial charge in [-0.15, -0.1) is 0 Å². The molecular formula is C21H21ClN2O3S. The Bertz CT molecular complexity index is 1040. The summed E-state index contributed by atoms with van der Waals surface area (Å²) in [6.07, 6.45) is 0. The van der Waals surface area contributed by atoms with Gasteiger partial charge >= 0.3 is 0 Å². The van der Waals surface area contributed by atoms with E-state index < -0.39 is 0 Å². The van der Waals surface area contributed by atoms with Gasteiger partial charge in [0.05, 0.1) is 30.7 Å². The minimum atomic E-state index is -0.149. The molecule has 0 spiro atoms. The summed E-state index contributed by atoms with van der Waals surface area (Å²) in [6, 6.07) is 11.3. The number of hydrogen-bond acceptors (Lipinski definition) is 5. The summed E-state index contributed by atoms with van der Waals surface area (Å²) in [5.41, 5.74) is 3.34. The number of thioether (sulfide) groups is 1. The number of aromatic nitrogens is 1. The molecule has 2 aromatic carbocycles. The molecule has 7 heteroatoms. The fraction of sp³-hybridized carbons (Fsp3) is 0.238. The summed E-state index contributed by atoms with van der Waals surface area (Å²) in [4.78, 5) is 17.1. The average molecular weight is 417 g/mol. The van der Waals surface area contributed by atoms with Gasteiger partial charge in [-0.2, -0.15) is 0 Å². The van der Waals surface area contributed by atoms with E-state index in [2.05, 4.69) is 10.3 Å². The molecule has 0 aliphatic heterocycles. The minimum Gasteiger partial charge on any atom is -0.495 e. The van der Waals surface area contributed by atoms with Crippen molar-refractivity contribution in [3.63, 3.8) is 0 Å². The second kappa shape index (κ2) is 8.71. The van der Waals surface area contributed by atoms with Gasteiger partial charge in [0.2, 0.25) is 5.91 Å². The maximum Gasteiger partial charge on any atom is 0.234 e. The van der Waals surface area contributed by atoms with Crippen molar-refractivity contribution in [2.75, 3.05) is 25.3 Å². The third-order valence-corrected chi connectivity index (χ3v) is 5.63. The van der Waals surface area contributed by atoms with Gasteiger partial charge in [0.1, 0.15) is 17.0 Å². The van der Waals surface area contributed by atoms with Crippen LogP contribution in [0.3, 0.4) is 0 Å². The summed E-state index contributed by atoms with van der Waals surface area (Å²) < 4.78 is 10.7. The van der Waals surface area contributed by atoms with Crippen molar-refractivity contribution in [2.45, 2.75) is 18.9 Å². The summed E-state index contributed by atoms with van der Waals surface area (Å²) in [7, 11) is 3.17. The molecule has 5 nitrogen and oxygen atoms in total. The lowest BCUT2D eigenvalue weighted by Gasteiger charge is -2.12. The van der Waals surface area contributed by atoms with Crippen molar-refractivity contribution < 1.29 is 14.3 Å². The number of nitrogens with zero attached hydrogens (tertiary/aromatic N) is 1. The van der Waals surface area contributed by atoms with Crippen molar-refractivity contribution in [2.24, 2.45) is 0 Å². The number of hydrogen-bond donors (Lipinski definition) is 1. The van der Waals surface area contributed by atoms with Crippen molar-refractivity contribution >= 4 is 45.9 Å².